The fourth-order valence-electron chi connectivity index (χ4n) is 2.78. The van der Waals surface area contributed by atoms with Gasteiger partial charge in [0.15, 0.2) is 0 Å². The zero-order valence-corrected chi connectivity index (χ0v) is 13.6. The SMILES string of the molecule is CC(C)(CCCCN1CCCN(CCO)CC1)C(N)=NO. The number of oxime groups is 1. The van der Waals surface area contributed by atoms with Crippen molar-refractivity contribution in [2.75, 3.05) is 45.9 Å². The lowest BCUT2D eigenvalue weighted by Gasteiger charge is -2.24. The summed E-state index contributed by atoms with van der Waals surface area (Å²) in [5, 5.41) is 20.9. The number of hydrogen-bond acceptors (Lipinski definition) is 5. The number of aliphatic hydroxyl groups excluding tert-OH is 1. The lowest BCUT2D eigenvalue weighted by Crippen LogP contribution is -2.33. The molecule has 1 saturated heterocycles. The maximum Gasteiger partial charge on any atom is 0.144 e. The number of unbranched alkanes of at least 4 members (excludes halogenated alkanes) is 1. The van der Waals surface area contributed by atoms with Gasteiger partial charge < -0.3 is 20.9 Å². The first-order valence-corrected chi connectivity index (χ1v) is 8.03. The van der Waals surface area contributed by atoms with E-state index < -0.39 is 0 Å². The minimum atomic E-state index is -0.231. The van der Waals surface area contributed by atoms with Gasteiger partial charge in [-0.2, -0.15) is 0 Å². The van der Waals surface area contributed by atoms with Crippen molar-refractivity contribution in [2.24, 2.45) is 16.3 Å². The quantitative estimate of drug-likeness (QED) is 0.204. The van der Waals surface area contributed by atoms with Gasteiger partial charge in [0, 0.05) is 25.0 Å². The van der Waals surface area contributed by atoms with Gasteiger partial charge in [0.1, 0.15) is 5.84 Å². The van der Waals surface area contributed by atoms with Crippen LogP contribution in [0.25, 0.3) is 0 Å². The summed E-state index contributed by atoms with van der Waals surface area (Å²) in [6, 6.07) is 0. The van der Waals surface area contributed by atoms with Crippen molar-refractivity contribution in [1.82, 2.24) is 9.80 Å². The first-order valence-electron chi connectivity index (χ1n) is 8.03. The van der Waals surface area contributed by atoms with E-state index in [4.69, 9.17) is 16.0 Å². The van der Waals surface area contributed by atoms with Crippen molar-refractivity contribution in [2.45, 2.75) is 39.5 Å². The van der Waals surface area contributed by atoms with E-state index in [1.165, 1.54) is 6.42 Å². The highest BCUT2D eigenvalue weighted by Gasteiger charge is 2.23. The lowest BCUT2D eigenvalue weighted by atomic mass is 9.86. The van der Waals surface area contributed by atoms with Crippen molar-refractivity contribution in [3.8, 4) is 0 Å². The van der Waals surface area contributed by atoms with Gasteiger partial charge in [-0.3, -0.25) is 4.90 Å². The van der Waals surface area contributed by atoms with Crippen LogP contribution in [0, 0.1) is 5.41 Å². The van der Waals surface area contributed by atoms with Crippen molar-refractivity contribution < 1.29 is 10.3 Å². The Morgan fingerprint density at radius 2 is 1.71 bits per heavy atom. The van der Waals surface area contributed by atoms with E-state index in [-0.39, 0.29) is 12.0 Å². The second-order valence-corrected chi connectivity index (χ2v) is 6.59. The first kappa shape index (κ1) is 18.2. The molecule has 1 heterocycles. The molecule has 0 spiro atoms. The molecule has 0 aromatic carbocycles. The van der Waals surface area contributed by atoms with E-state index in [2.05, 4.69) is 15.0 Å². The van der Waals surface area contributed by atoms with E-state index in [0.717, 1.165) is 58.5 Å². The molecule has 0 aromatic rings. The predicted octanol–water partition coefficient (Wildman–Crippen LogP) is 0.929. The molecule has 0 aliphatic carbocycles. The Labute approximate surface area is 128 Å². The Bertz CT molecular complexity index is 321. The van der Waals surface area contributed by atoms with E-state index in [0.29, 0.717) is 5.84 Å². The van der Waals surface area contributed by atoms with E-state index in [1.54, 1.807) is 0 Å². The van der Waals surface area contributed by atoms with Crippen LogP contribution in [0.1, 0.15) is 39.5 Å². The third-order valence-electron chi connectivity index (χ3n) is 4.42. The van der Waals surface area contributed by atoms with Gasteiger partial charge in [0.25, 0.3) is 0 Å². The summed E-state index contributed by atoms with van der Waals surface area (Å²) in [6.07, 6.45) is 4.34. The number of rotatable bonds is 8. The smallest absolute Gasteiger partial charge is 0.144 e. The second kappa shape index (κ2) is 9.23. The van der Waals surface area contributed by atoms with Crippen LogP contribution in [0.15, 0.2) is 5.16 Å². The maximum absolute atomic E-state index is 9.00. The van der Waals surface area contributed by atoms with Crippen LogP contribution in [0.4, 0.5) is 0 Å². The van der Waals surface area contributed by atoms with Gasteiger partial charge in [-0.15, -0.1) is 0 Å². The third kappa shape index (κ3) is 6.63. The average Bonchev–Trinajstić information content (AvgIpc) is 2.68. The Balaban J connectivity index is 2.21. The summed E-state index contributed by atoms with van der Waals surface area (Å²) in [7, 11) is 0. The number of β-amino-alcohol motifs (C(OH)–C–C–N with tert-alkyl or cyclic N) is 1. The van der Waals surface area contributed by atoms with Crippen LogP contribution >= 0.6 is 0 Å². The zero-order valence-electron chi connectivity index (χ0n) is 13.6. The van der Waals surface area contributed by atoms with Gasteiger partial charge in [0.05, 0.1) is 6.61 Å². The van der Waals surface area contributed by atoms with Crippen LogP contribution in [0.2, 0.25) is 0 Å². The molecule has 21 heavy (non-hydrogen) atoms. The number of amidine groups is 1. The molecule has 1 fully saturated rings. The van der Waals surface area contributed by atoms with Gasteiger partial charge in [-0.25, -0.2) is 0 Å². The van der Waals surface area contributed by atoms with Gasteiger partial charge in [-0.05, 0) is 38.9 Å². The topological polar surface area (TPSA) is 85.3 Å². The Kier molecular flexibility index (Phi) is 8.00. The van der Waals surface area contributed by atoms with Crippen LogP contribution in [0.5, 0.6) is 0 Å². The average molecular weight is 300 g/mol. The highest BCUT2D eigenvalue weighted by atomic mass is 16.4. The second-order valence-electron chi connectivity index (χ2n) is 6.59. The molecule has 1 aliphatic rings. The minimum absolute atomic E-state index is 0.231. The molecule has 0 bridgehead atoms. The number of aliphatic hydroxyl groups is 1. The molecule has 0 amide bonds. The fraction of sp³-hybridized carbons (Fsp3) is 0.933. The summed E-state index contributed by atoms with van der Waals surface area (Å²) in [5.41, 5.74) is 5.47. The molecular formula is C15H32N4O2. The highest BCUT2D eigenvalue weighted by molar-refractivity contribution is 5.85. The fourth-order valence-corrected chi connectivity index (χ4v) is 2.78. The molecule has 0 atom stereocenters. The molecule has 0 saturated carbocycles. The standard InChI is InChI=1S/C15H32N4O2/c1-15(2,14(16)17-21)6-3-4-7-18-8-5-9-19(11-10-18)12-13-20/h20-21H,3-13H2,1-2H3,(H2,16,17). The zero-order chi connectivity index (χ0) is 15.7. The molecular weight excluding hydrogens is 268 g/mol. The van der Waals surface area contributed by atoms with Gasteiger partial charge in [0.2, 0.25) is 0 Å². The summed E-state index contributed by atoms with van der Waals surface area (Å²) < 4.78 is 0. The van der Waals surface area contributed by atoms with Crippen LogP contribution in [-0.2, 0) is 0 Å². The summed E-state index contributed by atoms with van der Waals surface area (Å²) in [4.78, 5) is 4.84. The monoisotopic (exact) mass is 300 g/mol. The summed E-state index contributed by atoms with van der Waals surface area (Å²) in [6.45, 7) is 10.6. The van der Waals surface area contributed by atoms with E-state index in [1.807, 2.05) is 13.8 Å². The molecule has 1 aliphatic heterocycles. The lowest BCUT2D eigenvalue weighted by molar-refractivity contribution is 0.196. The minimum Gasteiger partial charge on any atom is -0.409 e. The molecule has 6 heteroatoms. The Hall–Kier alpha value is -0.850. The molecule has 6 nitrogen and oxygen atoms in total. The molecule has 124 valence electrons. The Morgan fingerprint density at radius 1 is 1.10 bits per heavy atom. The highest BCUT2D eigenvalue weighted by Crippen LogP contribution is 2.23. The Morgan fingerprint density at radius 3 is 2.29 bits per heavy atom. The number of nitrogens with zero attached hydrogens (tertiary/aromatic N) is 3. The van der Waals surface area contributed by atoms with Crippen molar-refractivity contribution in [1.29, 1.82) is 0 Å². The normalized spacial score (nSPS) is 19.7. The molecule has 0 aromatic heterocycles. The van der Waals surface area contributed by atoms with Crippen molar-refractivity contribution in [3.05, 3.63) is 0 Å². The number of nitrogens with two attached hydrogens (primary N) is 1. The van der Waals surface area contributed by atoms with Crippen LogP contribution in [-0.4, -0.2) is 71.8 Å². The molecule has 4 N–H and O–H groups in total. The first-order chi connectivity index (χ1) is 9.99. The van der Waals surface area contributed by atoms with Crippen LogP contribution < -0.4 is 5.73 Å². The van der Waals surface area contributed by atoms with Crippen molar-refractivity contribution >= 4 is 5.84 Å². The van der Waals surface area contributed by atoms with Crippen LogP contribution in [0.3, 0.4) is 0 Å². The largest absolute Gasteiger partial charge is 0.409 e. The number of hydrogen-bond donors (Lipinski definition) is 3. The van der Waals surface area contributed by atoms with Gasteiger partial charge in [-0.1, -0.05) is 25.4 Å². The van der Waals surface area contributed by atoms with E-state index in [9.17, 15) is 0 Å². The predicted molar refractivity (Wildman–Crippen MR) is 85.6 cm³/mol. The molecule has 0 unspecified atom stereocenters. The van der Waals surface area contributed by atoms with E-state index >= 15 is 0 Å². The van der Waals surface area contributed by atoms with Gasteiger partial charge >= 0.3 is 0 Å². The maximum atomic E-state index is 9.00. The summed E-state index contributed by atoms with van der Waals surface area (Å²) in [5.74, 6) is 0.317. The summed E-state index contributed by atoms with van der Waals surface area (Å²) >= 11 is 0. The van der Waals surface area contributed by atoms with Crippen molar-refractivity contribution in [3.63, 3.8) is 0 Å². The third-order valence-corrected chi connectivity index (χ3v) is 4.42. The molecule has 1 rings (SSSR count). The molecule has 0 radical (unpaired) electrons.